The van der Waals surface area contributed by atoms with Crippen molar-refractivity contribution in [3.05, 3.63) is 78.4 Å². The first-order valence-corrected chi connectivity index (χ1v) is 7.25. The summed E-state index contributed by atoms with van der Waals surface area (Å²) in [5.41, 5.74) is 3.03. The minimum absolute atomic E-state index is 0.399. The van der Waals surface area contributed by atoms with Crippen LogP contribution in [0.1, 0.15) is 10.4 Å². The first-order valence-electron chi connectivity index (χ1n) is 7.25. The van der Waals surface area contributed by atoms with Gasteiger partial charge < -0.3 is 10.1 Å². The van der Waals surface area contributed by atoms with Crippen molar-refractivity contribution in [2.75, 3.05) is 12.4 Å². The molecule has 114 valence electrons. The van der Waals surface area contributed by atoms with Gasteiger partial charge in [-0.3, -0.25) is 0 Å². The molecular weight excluding hydrogens is 288 g/mol. The highest BCUT2D eigenvalue weighted by molar-refractivity contribution is 5.96. The van der Waals surface area contributed by atoms with E-state index in [0.717, 1.165) is 16.9 Å². The smallest absolute Gasteiger partial charge is 0.341 e. The van der Waals surface area contributed by atoms with E-state index in [2.05, 4.69) is 10.3 Å². The lowest BCUT2D eigenvalue weighted by molar-refractivity contribution is 0.0601. The van der Waals surface area contributed by atoms with Gasteiger partial charge in [-0.05, 0) is 24.3 Å². The van der Waals surface area contributed by atoms with Crippen LogP contribution in [0.15, 0.2) is 72.8 Å². The first-order chi connectivity index (χ1) is 11.3. The van der Waals surface area contributed by atoms with Crippen molar-refractivity contribution in [3.63, 3.8) is 0 Å². The number of aromatic nitrogens is 1. The van der Waals surface area contributed by atoms with Gasteiger partial charge >= 0.3 is 5.97 Å². The van der Waals surface area contributed by atoms with Gasteiger partial charge in [0.05, 0.1) is 12.8 Å². The molecule has 3 aromatic rings. The van der Waals surface area contributed by atoms with Gasteiger partial charge in [-0.1, -0.05) is 48.5 Å². The summed E-state index contributed by atoms with van der Waals surface area (Å²) in [6.45, 7) is 0. The summed E-state index contributed by atoms with van der Waals surface area (Å²) in [6, 6.07) is 23.0. The molecular formula is C19H16N2O2. The first kappa shape index (κ1) is 14.8. The number of rotatable bonds is 4. The second-order valence-electron chi connectivity index (χ2n) is 4.94. The molecule has 0 amide bonds. The van der Waals surface area contributed by atoms with Crippen LogP contribution in [0.4, 0.5) is 11.5 Å². The fraction of sp³-hybridized carbons (Fsp3) is 0.0526. The number of carbonyl (C=O) groups is 1. The van der Waals surface area contributed by atoms with Crippen molar-refractivity contribution in [1.82, 2.24) is 4.98 Å². The van der Waals surface area contributed by atoms with E-state index in [1.54, 1.807) is 6.07 Å². The molecule has 4 nitrogen and oxygen atoms in total. The Hall–Kier alpha value is -3.14. The maximum absolute atomic E-state index is 12.0. The Morgan fingerprint density at radius 2 is 1.57 bits per heavy atom. The molecule has 0 aliphatic rings. The van der Waals surface area contributed by atoms with Crippen LogP contribution >= 0.6 is 0 Å². The number of esters is 1. The Kier molecular flexibility index (Phi) is 4.34. The number of ether oxygens (including phenoxy) is 1. The van der Waals surface area contributed by atoms with Crippen LogP contribution in [0.2, 0.25) is 0 Å². The van der Waals surface area contributed by atoms with Gasteiger partial charge in [-0.2, -0.15) is 0 Å². The lowest BCUT2D eigenvalue weighted by atomic mass is 10.1. The molecule has 2 aromatic carbocycles. The Labute approximate surface area is 134 Å². The number of nitrogens with one attached hydrogen (secondary N) is 1. The summed E-state index contributed by atoms with van der Waals surface area (Å²) in [4.78, 5) is 16.6. The topological polar surface area (TPSA) is 51.2 Å². The third-order valence-electron chi connectivity index (χ3n) is 3.41. The summed E-state index contributed by atoms with van der Waals surface area (Å²) in [7, 11) is 1.36. The molecule has 1 heterocycles. The summed E-state index contributed by atoms with van der Waals surface area (Å²) in [5.74, 6) is 0.0555. The number of anilines is 2. The van der Waals surface area contributed by atoms with Crippen molar-refractivity contribution >= 4 is 17.5 Å². The van der Waals surface area contributed by atoms with E-state index in [9.17, 15) is 4.79 Å². The van der Waals surface area contributed by atoms with E-state index < -0.39 is 5.97 Å². The lowest BCUT2D eigenvalue weighted by Crippen LogP contribution is -2.08. The Morgan fingerprint density at radius 3 is 2.22 bits per heavy atom. The van der Waals surface area contributed by atoms with Gasteiger partial charge in [-0.25, -0.2) is 9.78 Å². The van der Waals surface area contributed by atoms with Gasteiger partial charge in [0.2, 0.25) is 0 Å². The van der Waals surface area contributed by atoms with Crippen molar-refractivity contribution in [3.8, 4) is 11.3 Å². The monoisotopic (exact) mass is 304 g/mol. The standard InChI is InChI=1S/C19H16N2O2/c1-23-19(22)16-12-13-17(14-8-4-2-5-9-14)21-18(16)20-15-10-6-3-7-11-15/h2-13H,1H3,(H,20,21). The van der Waals surface area contributed by atoms with Gasteiger partial charge in [0.1, 0.15) is 11.4 Å². The van der Waals surface area contributed by atoms with E-state index in [1.165, 1.54) is 7.11 Å². The van der Waals surface area contributed by atoms with E-state index in [1.807, 2.05) is 66.7 Å². The minimum atomic E-state index is -0.421. The predicted octanol–water partition coefficient (Wildman–Crippen LogP) is 4.28. The van der Waals surface area contributed by atoms with Crippen LogP contribution in [0.25, 0.3) is 11.3 Å². The maximum atomic E-state index is 12.0. The molecule has 1 aromatic heterocycles. The molecule has 0 fully saturated rings. The number of pyridine rings is 1. The molecule has 0 saturated carbocycles. The highest BCUT2D eigenvalue weighted by atomic mass is 16.5. The average Bonchev–Trinajstić information content (AvgIpc) is 2.62. The molecule has 0 aliphatic carbocycles. The number of hydrogen-bond donors (Lipinski definition) is 1. The van der Waals surface area contributed by atoms with E-state index in [0.29, 0.717) is 11.4 Å². The lowest BCUT2D eigenvalue weighted by Gasteiger charge is -2.12. The zero-order chi connectivity index (χ0) is 16.1. The molecule has 0 bridgehead atoms. The maximum Gasteiger partial charge on any atom is 0.341 e. The van der Waals surface area contributed by atoms with Gasteiger partial charge in [0.15, 0.2) is 0 Å². The third-order valence-corrected chi connectivity index (χ3v) is 3.41. The molecule has 0 unspecified atom stereocenters. The summed E-state index contributed by atoms with van der Waals surface area (Å²) in [6.07, 6.45) is 0. The van der Waals surface area contributed by atoms with Crippen molar-refractivity contribution in [2.24, 2.45) is 0 Å². The number of para-hydroxylation sites is 1. The van der Waals surface area contributed by atoms with Crippen LogP contribution in [0.3, 0.4) is 0 Å². The van der Waals surface area contributed by atoms with E-state index in [4.69, 9.17) is 4.74 Å². The Morgan fingerprint density at radius 1 is 0.913 bits per heavy atom. The molecule has 4 heteroatoms. The molecule has 0 aliphatic heterocycles. The van der Waals surface area contributed by atoms with Crippen LogP contribution in [-0.2, 0) is 4.74 Å². The van der Waals surface area contributed by atoms with Crippen LogP contribution in [0, 0.1) is 0 Å². The number of carbonyl (C=O) groups excluding carboxylic acids is 1. The van der Waals surface area contributed by atoms with Crippen LogP contribution < -0.4 is 5.32 Å². The normalized spacial score (nSPS) is 10.1. The Bertz CT molecular complexity index is 802. The minimum Gasteiger partial charge on any atom is -0.465 e. The van der Waals surface area contributed by atoms with E-state index >= 15 is 0 Å². The molecule has 3 rings (SSSR count). The van der Waals surface area contributed by atoms with Crippen LogP contribution in [0.5, 0.6) is 0 Å². The highest BCUT2D eigenvalue weighted by Crippen LogP contribution is 2.24. The largest absolute Gasteiger partial charge is 0.465 e. The zero-order valence-electron chi connectivity index (χ0n) is 12.7. The SMILES string of the molecule is COC(=O)c1ccc(-c2ccccc2)nc1Nc1ccccc1. The molecule has 0 radical (unpaired) electrons. The molecule has 23 heavy (non-hydrogen) atoms. The van der Waals surface area contributed by atoms with Gasteiger partial charge in [0.25, 0.3) is 0 Å². The van der Waals surface area contributed by atoms with E-state index in [-0.39, 0.29) is 0 Å². The molecule has 0 atom stereocenters. The third kappa shape index (κ3) is 3.37. The fourth-order valence-corrected chi connectivity index (χ4v) is 2.26. The summed E-state index contributed by atoms with van der Waals surface area (Å²) < 4.78 is 4.84. The zero-order valence-corrected chi connectivity index (χ0v) is 12.7. The van der Waals surface area contributed by atoms with Crippen molar-refractivity contribution < 1.29 is 9.53 Å². The quantitative estimate of drug-likeness (QED) is 0.731. The molecule has 0 spiro atoms. The molecule has 1 N–H and O–H groups in total. The highest BCUT2D eigenvalue weighted by Gasteiger charge is 2.15. The average molecular weight is 304 g/mol. The second-order valence-corrected chi connectivity index (χ2v) is 4.94. The predicted molar refractivity (Wildman–Crippen MR) is 90.7 cm³/mol. The fourth-order valence-electron chi connectivity index (χ4n) is 2.26. The second kappa shape index (κ2) is 6.75. The Balaban J connectivity index is 2.04. The van der Waals surface area contributed by atoms with Crippen molar-refractivity contribution in [2.45, 2.75) is 0 Å². The number of methoxy groups -OCH3 is 1. The summed E-state index contributed by atoms with van der Waals surface area (Å²) >= 11 is 0. The molecule has 0 saturated heterocycles. The van der Waals surface area contributed by atoms with Gasteiger partial charge in [-0.15, -0.1) is 0 Å². The van der Waals surface area contributed by atoms with Crippen molar-refractivity contribution in [1.29, 1.82) is 0 Å². The number of benzene rings is 2. The van der Waals surface area contributed by atoms with Gasteiger partial charge in [0, 0.05) is 11.3 Å². The number of hydrogen-bond acceptors (Lipinski definition) is 4. The summed E-state index contributed by atoms with van der Waals surface area (Å²) in [5, 5.41) is 3.19. The number of nitrogens with zero attached hydrogens (tertiary/aromatic N) is 1. The van der Waals surface area contributed by atoms with Crippen LogP contribution in [-0.4, -0.2) is 18.1 Å².